The third-order valence-electron chi connectivity index (χ3n) is 15.4. The van der Waals surface area contributed by atoms with Crippen LogP contribution in [0.5, 0.6) is 0 Å². The molecule has 0 spiro atoms. The third-order valence-corrected chi connectivity index (χ3v) is 21.4. The van der Waals surface area contributed by atoms with Crippen LogP contribution in [0.4, 0.5) is 34.1 Å². The Kier molecular flexibility index (Phi) is 11.1. The van der Waals surface area contributed by atoms with Gasteiger partial charge in [-0.15, -0.1) is 11.3 Å². The summed E-state index contributed by atoms with van der Waals surface area (Å²) in [5, 5.41) is 6.76. The zero-order valence-electron chi connectivity index (χ0n) is 43.8. The lowest BCUT2D eigenvalue weighted by atomic mass is 9.36. The molecule has 0 amide bonds. The van der Waals surface area contributed by atoms with Crippen molar-refractivity contribution < 1.29 is 0 Å². The van der Waals surface area contributed by atoms with Gasteiger partial charge in [-0.1, -0.05) is 217 Å². The van der Waals surface area contributed by atoms with Crippen LogP contribution in [0.25, 0.3) is 10.1 Å². The first kappa shape index (κ1) is 47.0. The minimum absolute atomic E-state index is 0.00623. The van der Waals surface area contributed by atoms with Crippen molar-refractivity contribution in [1.29, 1.82) is 0 Å². The van der Waals surface area contributed by atoms with Crippen LogP contribution in [0.15, 0.2) is 188 Å². The van der Waals surface area contributed by atoms with Gasteiger partial charge in [-0.25, -0.2) is 0 Å². The Hall–Kier alpha value is -6.40. The fraction of sp³-hybridized carbons (Fsp3) is 0.242. The number of hydrogen-bond donors (Lipinski definition) is 0. The van der Waals surface area contributed by atoms with E-state index >= 15 is 0 Å². The van der Waals surface area contributed by atoms with E-state index in [0.717, 1.165) is 0 Å². The first-order valence-corrected chi connectivity index (χ1v) is 28.4. The molecule has 0 atom stereocenters. The van der Waals surface area contributed by atoms with Gasteiger partial charge >= 0.3 is 0 Å². The molecule has 3 heterocycles. The van der Waals surface area contributed by atoms with Gasteiger partial charge in [0.1, 0.15) is 0 Å². The molecule has 0 saturated carbocycles. The van der Waals surface area contributed by atoms with Crippen LogP contribution in [0.2, 0.25) is 0 Å². The van der Waals surface area contributed by atoms with Gasteiger partial charge in [0.2, 0.25) is 0 Å². The van der Waals surface area contributed by atoms with Gasteiger partial charge in [-0.2, -0.15) is 0 Å². The van der Waals surface area contributed by atoms with Crippen molar-refractivity contribution >= 4 is 107 Å². The molecule has 0 bridgehead atoms. The van der Waals surface area contributed by atoms with Crippen molar-refractivity contribution in [3.05, 3.63) is 210 Å². The first-order valence-electron chi connectivity index (χ1n) is 25.6. The van der Waals surface area contributed by atoms with Crippen molar-refractivity contribution in [1.82, 2.24) is 0 Å². The summed E-state index contributed by atoms with van der Waals surface area (Å²) >= 11 is 1.99. The monoisotopic (exact) mass is 958 g/mol. The summed E-state index contributed by atoms with van der Waals surface area (Å²) in [7, 11) is -3.07. The molecule has 0 N–H and O–H groups in total. The van der Waals surface area contributed by atoms with Crippen molar-refractivity contribution in [2.24, 2.45) is 0 Å². The summed E-state index contributed by atoms with van der Waals surface area (Å²) in [6.45, 7) is 28.0. The summed E-state index contributed by atoms with van der Waals surface area (Å²) in [5.41, 5.74) is 15.4. The largest absolute Gasteiger partial charge is 0.311 e. The second kappa shape index (κ2) is 16.9. The average Bonchev–Trinajstić information content (AvgIpc) is 3.72. The highest BCUT2D eigenvalue weighted by atomic mass is 32.1. The fourth-order valence-corrected chi connectivity index (χ4v) is 17.6. The maximum atomic E-state index is 2.69. The Bertz CT molecular complexity index is 3340. The molecular formula is C66H67BN2SSi. The van der Waals surface area contributed by atoms with Gasteiger partial charge in [0.05, 0.1) is 5.69 Å². The second-order valence-corrected chi connectivity index (χ2v) is 29.2. The Morgan fingerprint density at radius 2 is 0.789 bits per heavy atom. The van der Waals surface area contributed by atoms with Gasteiger partial charge in [-0.05, 0) is 130 Å². The number of fused-ring (bicyclic) bond motifs is 6. The van der Waals surface area contributed by atoms with Gasteiger partial charge in [0, 0.05) is 43.3 Å². The van der Waals surface area contributed by atoms with E-state index in [4.69, 9.17) is 0 Å². The van der Waals surface area contributed by atoms with Gasteiger partial charge in [0.25, 0.3) is 6.71 Å². The summed E-state index contributed by atoms with van der Waals surface area (Å²) in [6, 6.07) is 73.4. The number of rotatable bonds is 6. The molecule has 2 aliphatic rings. The van der Waals surface area contributed by atoms with Crippen LogP contribution in [0.1, 0.15) is 105 Å². The quantitative estimate of drug-likeness (QED) is 0.121. The number of thiophene rings is 1. The van der Waals surface area contributed by atoms with E-state index in [2.05, 4.69) is 281 Å². The first-order chi connectivity index (χ1) is 33.7. The Morgan fingerprint density at radius 3 is 1.25 bits per heavy atom. The second-order valence-electron chi connectivity index (χ2n) is 24.3. The molecule has 354 valence electrons. The lowest BCUT2D eigenvalue weighted by Crippen LogP contribution is -2.75. The average molecular weight is 959 g/mol. The van der Waals surface area contributed by atoms with E-state index in [0.29, 0.717) is 0 Å². The SMILES string of the molecule is CC(C)(C)c1ccc(N2c3ccc(C(C)(C)C)cc3B3c4sc5ccc(C(C)(C)C)cc5c4N(c4ccc(C(C)(C)C)cc4)c4cc([Si](c5ccccc5)(c5ccccc5)c5ccccc5)cc2c43)cc1. The standard InChI is InChI=1S/C66H67BN2SSi/c1-63(2,3)44-28-34-48(35-29-44)68-56-38-32-47(66(10,11)12)41-55(56)67-60-57(68)42-53(71(50-22-16-13-17-23-50,51-24-18-14-19-25-51)52-26-20-15-21-27-52)43-58(60)69(49-36-30-45(31-37-49)64(4,5)6)61-54-40-46(65(7,8)9)33-39-59(54)70-62(61)67/h13-43H,1-12H3. The number of hydrogen-bond acceptors (Lipinski definition) is 3. The molecule has 0 fully saturated rings. The van der Waals surface area contributed by atoms with Crippen molar-refractivity contribution in [2.75, 3.05) is 9.80 Å². The predicted octanol–water partition coefficient (Wildman–Crippen LogP) is 13.6. The van der Waals surface area contributed by atoms with Crippen LogP contribution in [-0.2, 0) is 21.7 Å². The van der Waals surface area contributed by atoms with Gasteiger partial charge < -0.3 is 9.80 Å². The smallest absolute Gasteiger partial charge is 0.264 e. The zero-order chi connectivity index (χ0) is 49.8. The van der Waals surface area contributed by atoms with Crippen molar-refractivity contribution in [3.63, 3.8) is 0 Å². The zero-order valence-corrected chi connectivity index (χ0v) is 45.6. The van der Waals surface area contributed by atoms with E-state index < -0.39 is 8.07 Å². The Labute approximate surface area is 429 Å². The van der Waals surface area contributed by atoms with E-state index in [1.165, 1.54) is 103 Å². The highest BCUT2D eigenvalue weighted by molar-refractivity contribution is 7.33. The molecule has 11 rings (SSSR count). The van der Waals surface area contributed by atoms with Crippen LogP contribution in [-0.4, -0.2) is 14.8 Å². The maximum Gasteiger partial charge on any atom is 0.264 e. The van der Waals surface area contributed by atoms with E-state index in [-0.39, 0.29) is 28.4 Å². The molecule has 2 aliphatic heterocycles. The fourth-order valence-electron chi connectivity index (χ4n) is 11.5. The minimum Gasteiger partial charge on any atom is -0.311 e. The number of nitrogens with zero attached hydrogens (tertiary/aromatic N) is 2. The predicted molar refractivity (Wildman–Crippen MR) is 314 cm³/mol. The summed E-state index contributed by atoms with van der Waals surface area (Å²) in [6.07, 6.45) is 0. The Morgan fingerprint density at radius 1 is 0.380 bits per heavy atom. The third kappa shape index (κ3) is 7.83. The van der Waals surface area contributed by atoms with Crippen LogP contribution < -0.4 is 46.2 Å². The molecule has 0 saturated heterocycles. The van der Waals surface area contributed by atoms with Crippen molar-refractivity contribution in [3.8, 4) is 0 Å². The van der Waals surface area contributed by atoms with E-state index in [1.807, 2.05) is 11.3 Å². The molecule has 71 heavy (non-hydrogen) atoms. The highest BCUT2D eigenvalue weighted by Crippen LogP contribution is 2.49. The van der Waals surface area contributed by atoms with E-state index in [1.54, 1.807) is 0 Å². The maximum absolute atomic E-state index is 3.07. The molecule has 0 radical (unpaired) electrons. The van der Waals surface area contributed by atoms with Gasteiger partial charge in [-0.3, -0.25) is 0 Å². The highest BCUT2D eigenvalue weighted by Gasteiger charge is 2.49. The lowest BCUT2D eigenvalue weighted by molar-refractivity contribution is 0.590. The molecule has 1 aromatic heterocycles. The molecule has 0 unspecified atom stereocenters. The van der Waals surface area contributed by atoms with Crippen LogP contribution in [0.3, 0.4) is 0 Å². The summed E-state index contributed by atoms with van der Waals surface area (Å²) in [4.78, 5) is 5.32. The summed E-state index contributed by atoms with van der Waals surface area (Å²) < 4.78 is 2.73. The number of anilines is 6. The van der Waals surface area contributed by atoms with Crippen molar-refractivity contribution in [2.45, 2.75) is 105 Å². The van der Waals surface area contributed by atoms with E-state index in [9.17, 15) is 0 Å². The Balaban J connectivity index is 1.34. The molecule has 9 aromatic rings. The normalized spacial score (nSPS) is 13.8. The van der Waals surface area contributed by atoms with Crippen LogP contribution in [0, 0.1) is 0 Å². The number of benzene rings is 8. The molecule has 8 aromatic carbocycles. The lowest BCUT2D eigenvalue weighted by Gasteiger charge is -2.45. The molecule has 2 nitrogen and oxygen atoms in total. The minimum atomic E-state index is -3.07. The molecular weight excluding hydrogens is 892 g/mol. The molecule has 0 aliphatic carbocycles. The topological polar surface area (TPSA) is 6.48 Å². The van der Waals surface area contributed by atoms with Gasteiger partial charge in [0.15, 0.2) is 8.07 Å². The molecule has 5 heteroatoms. The summed E-state index contributed by atoms with van der Waals surface area (Å²) in [5.74, 6) is 0. The van der Waals surface area contributed by atoms with Crippen LogP contribution >= 0.6 is 11.3 Å².